The maximum Gasteiger partial charge on any atom is 0.253 e. The minimum Gasteiger partial charge on any atom is -0.506 e. The monoisotopic (exact) mass is 316 g/mol. The van der Waals surface area contributed by atoms with E-state index in [1.54, 1.807) is 0 Å². The standard InChI is InChI=1S/C16H20N4O3/c1-9-14(10(2)20(3)19-9)15-13(4-5-23-15)18-16(22)11-6-12(21)8-17-7-11/h6-8,13,15,21H,4-5H2,1-3H3,(H,18,22)/t13-,15-/m0/s1. The second-order valence-corrected chi connectivity index (χ2v) is 5.80. The molecule has 0 radical (unpaired) electrons. The molecule has 2 atom stereocenters. The van der Waals surface area contributed by atoms with E-state index in [-0.39, 0.29) is 23.8 Å². The van der Waals surface area contributed by atoms with Crippen LogP contribution in [-0.2, 0) is 11.8 Å². The van der Waals surface area contributed by atoms with Gasteiger partial charge >= 0.3 is 0 Å². The smallest absolute Gasteiger partial charge is 0.253 e. The average molecular weight is 316 g/mol. The van der Waals surface area contributed by atoms with Crippen LogP contribution in [0.15, 0.2) is 18.5 Å². The van der Waals surface area contributed by atoms with Gasteiger partial charge in [0.2, 0.25) is 0 Å². The molecule has 7 heteroatoms. The normalized spacial score (nSPS) is 20.7. The topological polar surface area (TPSA) is 89.3 Å². The number of ether oxygens (including phenoxy) is 1. The minimum atomic E-state index is -0.270. The number of hydrogen-bond acceptors (Lipinski definition) is 5. The molecule has 0 aliphatic carbocycles. The predicted molar refractivity (Wildman–Crippen MR) is 83.1 cm³/mol. The third-order valence-electron chi connectivity index (χ3n) is 4.24. The van der Waals surface area contributed by atoms with Gasteiger partial charge in [0.15, 0.2) is 0 Å². The van der Waals surface area contributed by atoms with E-state index in [1.807, 2.05) is 25.6 Å². The van der Waals surface area contributed by atoms with Crippen LogP contribution in [0.4, 0.5) is 0 Å². The van der Waals surface area contributed by atoms with Crippen LogP contribution >= 0.6 is 0 Å². The Kier molecular flexibility index (Phi) is 4.04. The van der Waals surface area contributed by atoms with E-state index in [2.05, 4.69) is 15.4 Å². The number of hydrogen-bond donors (Lipinski definition) is 2. The lowest BCUT2D eigenvalue weighted by Gasteiger charge is -2.20. The van der Waals surface area contributed by atoms with E-state index < -0.39 is 0 Å². The Morgan fingerprint density at radius 1 is 1.43 bits per heavy atom. The Labute approximate surface area is 134 Å². The van der Waals surface area contributed by atoms with Gasteiger partial charge in [0.25, 0.3) is 5.91 Å². The Morgan fingerprint density at radius 2 is 2.22 bits per heavy atom. The second-order valence-electron chi connectivity index (χ2n) is 5.80. The van der Waals surface area contributed by atoms with Gasteiger partial charge < -0.3 is 15.2 Å². The Morgan fingerprint density at radius 3 is 2.87 bits per heavy atom. The number of carbonyl (C=O) groups is 1. The number of nitrogens with zero attached hydrogens (tertiary/aromatic N) is 3. The van der Waals surface area contributed by atoms with Gasteiger partial charge in [-0.2, -0.15) is 5.10 Å². The van der Waals surface area contributed by atoms with Crippen molar-refractivity contribution in [2.24, 2.45) is 7.05 Å². The number of aromatic hydroxyl groups is 1. The maximum atomic E-state index is 12.4. The molecule has 23 heavy (non-hydrogen) atoms. The first-order chi connectivity index (χ1) is 11.0. The number of aryl methyl sites for hydroxylation is 2. The van der Waals surface area contributed by atoms with Crippen molar-refractivity contribution < 1.29 is 14.6 Å². The van der Waals surface area contributed by atoms with E-state index in [0.717, 1.165) is 23.4 Å². The minimum absolute atomic E-state index is 0.0316. The van der Waals surface area contributed by atoms with E-state index in [1.165, 1.54) is 18.5 Å². The summed E-state index contributed by atoms with van der Waals surface area (Å²) in [4.78, 5) is 16.2. The summed E-state index contributed by atoms with van der Waals surface area (Å²) >= 11 is 0. The van der Waals surface area contributed by atoms with Gasteiger partial charge in [-0.05, 0) is 26.3 Å². The fourth-order valence-corrected chi connectivity index (χ4v) is 3.03. The van der Waals surface area contributed by atoms with Crippen molar-refractivity contribution >= 4 is 5.91 Å². The van der Waals surface area contributed by atoms with Crippen molar-refractivity contribution in [3.63, 3.8) is 0 Å². The molecule has 1 fully saturated rings. The molecule has 122 valence electrons. The SMILES string of the molecule is Cc1nn(C)c(C)c1[C@H]1OCC[C@@H]1NC(=O)c1cncc(O)c1. The number of amides is 1. The van der Waals surface area contributed by atoms with Gasteiger partial charge in [-0.3, -0.25) is 14.5 Å². The molecule has 7 nitrogen and oxygen atoms in total. The summed E-state index contributed by atoms with van der Waals surface area (Å²) in [7, 11) is 1.90. The number of pyridine rings is 1. The van der Waals surface area contributed by atoms with Crippen LogP contribution in [0, 0.1) is 13.8 Å². The lowest BCUT2D eigenvalue weighted by atomic mass is 10.00. The summed E-state index contributed by atoms with van der Waals surface area (Å²) in [6.45, 7) is 4.53. The molecule has 1 aliphatic rings. The Hall–Kier alpha value is -2.41. The molecule has 0 saturated carbocycles. The molecular formula is C16H20N4O3. The Balaban J connectivity index is 1.81. The molecule has 1 amide bonds. The maximum absolute atomic E-state index is 12.4. The highest BCUT2D eigenvalue weighted by atomic mass is 16.5. The molecule has 0 spiro atoms. The van der Waals surface area contributed by atoms with Gasteiger partial charge in [0.1, 0.15) is 11.9 Å². The largest absolute Gasteiger partial charge is 0.506 e. The van der Waals surface area contributed by atoms with E-state index in [4.69, 9.17) is 4.74 Å². The van der Waals surface area contributed by atoms with Gasteiger partial charge in [0, 0.05) is 31.1 Å². The number of nitrogens with one attached hydrogen (secondary N) is 1. The molecular weight excluding hydrogens is 296 g/mol. The van der Waals surface area contributed by atoms with Gasteiger partial charge in [0.05, 0.1) is 23.5 Å². The molecule has 3 rings (SSSR count). The van der Waals surface area contributed by atoms with Crippen LogP contribution < -0.4 is 5.32 Å². The molecule has 2 N–H and O–H groups in total. The second kappa shape index (κ2) is 6.00. The molecule has 2 aromatic rings. The first-order valence-electron chi connectivity index (χ1n) is 7.54. The van der Waals surface area contributed by atoms with Crippen molar-refractivity contribution in [3.8, 4) is 5.75 Å². The number of carbonyl (C=O) groups excluding carboxylic acids is 1. The summed E-state index contributed by atoms with van der Waals surface area (Å²) < 4.78 is 7.68. The predicted octanol–water partition coefficient (Wildman–Crippen LogP) is 1.40. The van der Waals surface area contributed by atoms with E-state index >= 15 is 0 Å². The van der Waals surface area contributed by atoms with Crippen LogP contribution in [0.5, 0.6) is 5.75 Å². The van der Waals surface area contributed by atoms with Gasteiger partial charge in [-0.1, -0.05) is 0 Å². The molecule has 3 heterocycles. The van der Waals surface area contributed by atoms with Crippen molar-refractivity contribution in [2.45, 2.75) is 32.4 Å². The third-order valence-corrected chi connectivity index (χ3v) is 4.24. The fraction of sp³-hybridized carbons (Fsp3) is 0.438. The van der Waals surface area contributed by atoms with Crippen molar-refractivity contribution in [2.75, 3.05) is 6.61 Å². The van der Waals surface area contributed by atoms with Crippen LogP contribution in [0.25, 0.3) is 0 Å². The molecule has 0 aromatic carbocycles. The zero-order chi connectivity index (χ0) is 16.6. The fourth-order valence-electron chi connectivity index (χ4n) is 3.03. The van der Waals surface area contributed by atoms with Gasteiger partial charge in [-0.25, -0.2) is 0 Å². The van der Waals surface area contributed by atoms with Crippen LogP contribution in [0.3, 0.4) is 0 Å². The summed E-state index contributed by atoms with van der Waals surface area (Å²) in [6, 6.07) is 1.26. The summed E-state index contributed by atoms with van der Waals surface area (Å²) in [5, 5.41) is 16.9. The first kappa shape index (κ1) is 15.5. The van der Waals surface area contributed by atoms with Crippen LogP contribution in [0.2, 0.25) is 0 Å². The average Bonchev–Trinajstić information content (AvgIpc) is 3.04. The molecule has 0 unspecified atom stereocenters. The third kappa shape index (κ3) is 2.92. The van der Waals surface area contributed by atoms with Crippen LogP contribution in [0.1, 0.15) is 39.8 Å². The zero-order valence-electron chi connectivity index (χ0n) is 13.4. The highest BCUT2D eigenvalue weighted by molar-refractivity contribution is 5.94. The highest BCUT2D eigenvalue weighted by Crippen LogP contribution is 2.33. The first-order valence-corrected chi connectivity index (χ1v) is 7.54. The number of rotatable bonds is 3. The van der Waals surface area contributed by atoms with Crippen molar-refractivity contribution in [1.82, 2.24) is 20.1 Å². The lowest BCUT2D eigenvalue weighted by Crippen LogP contribution is -2.37. The molecule has 1 saturated heterocycles. The molecule has 0 bridgehead atoms. The number of aromatic nitrogens is 3. The quantitative estimate of drug-likeness (QED) is 0.893. The van der Waals surface area contributed by atoms with E-state index in [9.17, 15) is 9.90 Å². The van der Waals surface area contributed by atoms with E-state index in [0.29, 0.717) is 12.2 Å². The molecule has 1 aliphatic heterocycles. The van der Waals surface area contributed by atoms with Crippen molar-refractivity contribution in [1.29, 1.82) is 0 Å². The zero-order valence-corrected chi connectivity index (χ0v) is 13.4. The molecule has 2 aromatic heterocycles. The van der Waals surface area contributed by atoms with Crippen molar-refractivity contribution in [3.05, 3.63) is 41.0 Å². The summed E-state index contributed by atoms with van der Waals surface area (Å²) in [5.74, 6) is -0.302. The van der Waals surface area contributed by atoms with Gasteiger partial charge in [-0.15, -0.1) is 0 Å². The summed E-state index contributed by atoms with van der Waals surface area (Å²) in [5.41, 5.74) is 3.31. The Bertz CT molecular complexity index is 741. The summed E-state index contributed by atoms with van der Waals surface area (Å²) in [6.07, 6.45) is 3.25. The van der Waals surface area contributed by atoms with Crippen LogP contribution in [-0.4, -0.2) is 38.4 Å². The highest BCUT2D eigenvalue weighted by Gasteiger charge is 2.34. The lowest BCUT2D eigenvalue weighted by molar-refractivity contribution is 0.0816.